The molecule has 1 N–H and O–H groups in total. The molecule has 1 aromatic heterocycles. The second kappa shape index (κ2) is 8.43. The second-order valence-corrected chi connectivity index (χ2v) is 6.61. The van der Waals surface area contributed by atoms with E-state index in [1.165, 1.54) is 4.88 Å². The van der Waals surface area contributed by atoms with Crippen LogP contribution in [0.4, 0.5) is 13.6 Å². The Kier molecular flexibility index (Phi) is 6.57. The Morgan fingerprint density at radius 2 is 2.18 bits per heavy atom. The summed E-state index contributed by atoms with van der Waals surface area (Å²) in [5.74, 6) is 0.284. The molecule has 1 atom stereocenters. The number of rotatable bonds is 5. The molecule has 0 aliphatic carbocycles. The van der Waals surface area contributed by atoms with Gasteiger partial charge in [0.25, 0.3) is 6.43 Å². The quantitative estimate of drug-likeness (QED) is 0.900. The first-order valence-corrected chi connectivity index (χ1v) is 8.51. The van der Waals surface area contributed by atoms with E-state index in [1.807, 2.05) is 11.4 Å². The highest BCUT2D eigenvalue weighted by molar-refractivity contribution is 7.10. The van der Waals surface area contributed by atoms with Gasteiger partial charge in [0.2, 0.25) is 0 Å². The summed E-state index contributed by atoms with van der Waals surface area (Å²) >= 11 is 1.68. The van der Waals surface area contributed by atoms with E-state index in [4.69, 9.17) is 0 Å². The zero-order chi connectivity index (χ0) is 15.9. The number of nitrogens with one attached hydrogen (secondary N) is 1. The lowest BCUT2D eigenvalue weighted by Gasteiger charge is -2.23. The van der Waals surface area contributed by atoms with Gasteiger partial charge in [-0.1, -0.05) is 13.0 Å². The maximum atomic E-state index is 12.4. The van der Waals surface area contributed by atoms with Crippen molar-refractivity contribution in [2.75, 3.05) is 39.3 Å². The first-order valence-electron chi connectivity index (χ1n) is 7.63. The largest absolute Gasteiger partial charge is 0.337 e. The smallest absolute Gasteiger partial charge is 0.317 e. The zero-order valence-electron chi connectivity index (χ0n) is 12.8. The Morgan fingerprint density at radius 1 is 1.36 bits per heavy atom. The molecule has 1 saturated heterocycles. The molecule has 2 heterocycles. The van der Waals surface area contributed by atoms with E-state index in [9.17, 15) is 13.6 Å². The summed E-state index contributed by atoms with van der Waals surface area (Å²) in [6.45, 7) is 4.74. The first-order chi connectivity index (χ1) is 10.6. The highest BCUT2D eigenvalue weighted by Crippen LogP contribution is 2.19. The molecule has 124 valence electrons. The maximum Gasteiger partial charge on any atom is 0.317 e. The molecule has 0 spiro atoms. The van der Waals surface area contributed by atoms with E-state index in [1.54, 1.807) is 21.1 Å². The molecule has 0 aromatic carbocycles. The third-order valence-electron chi connectivity index (χ3n) is 3.86. The van der Waals surface area contributed by atoms with Gasteiger partial charge in [0.15, 0.2) is 0 Å². The molecule has 0 bridgehead atoms. The van der Waals surface area contributed by atoms with Crippen molar-refractivity contribution in [3.8, 4) is 0 Å². The molecule has 22 heavy (non-hydrogen) atoms. The number of carbonyl (C=O) groups excluding carboxylic acids is 1. The first kappa shape index (κ1) is 17.1. The number of nitrogens with zero attached hydrogens (tertiary/aromatic N) is 2. The Bertz CT molecular complexity index is 456. The zero-order valence-corrected chi connectivity index (χ0v) is 13.6. The van der Waals surface area contributed by atoms with Crippen molar-refractivity contribution in [1.29, 1.82) is 0 Å². The SMILES string of the molecule is C[C@H](CNC(=O)N1CCCN(CC(F)F)CC1)c1cccs1. The fourth-order valence-corrected chi connectivity index (χ4v) is 3.36. The van der Waals surface area contributed by atoms with Gasteiger partial charge in [0, 0.05) is 43.5 Å². The van der Waals surface area contributed by atoms with Gasteiger partial charge in [0.05, 0.1) is 6.54 Å². The van der Waals surface area contributed by atoms with Crippen molar-refractivity contribution in [3.05, 3.63) is 22.4 Å². The van der Waals surface area contributed by atoms with Gasteiger partial charge in [-0.05, 0) is 17.9 Å². The summed E-state index contributed by atoms with van der Waals surface area (Å²) in [6, 6.07) is 3.97. The minimum Gasteiger partial charge on any atom is -0.337 e. The third kappa shape index (κ3) is 5.21. The molecule has 0 unspecified atom stereocenters. The number of hydrogen-bond acceptors (Lipinski definition) is 3. The highest BCUT2D eigenvalue weighted by atomic mass is 32.1. The van der Waals surface area contributed by atoms with Crippen LogP contribution in [0.3, 0.4) is 0 Å². The average molecular weight is 331 g/mol. The molecular weight excluding hydrogens is 308 g/mol. The molecule has 7 heteroatoms. The van der Waals surface area contributed by atoms with E-state index < -0.39 is 6.43 Å². The number of thiophene rings is 1. The molecule has 0 radical (unpaired) electrons. The summed E-state index contributed by atoms with van der Waals surface area (Å²) in [6.07, 6.45) is -1.58. The predicted molar refractivity (Wildman–Crippen MR) is 84.8 cm³/mol. The lowest BCUT2D eigenvalue weighted by atomic mass is 10.1. The lowest BCUT2D eigenvalue weighted by Crippen LogP contribution is -2.43. The van der Waals surface area contributed by atoms with Crippen molar-refractivity contribution in [2.45, 2.75) is 25.7 Å². The molecule has 1 fully saturated rings. The summed E-state index contributed by atoms with van der Waals surface area (Å²) < 4.78 is 24.8. The number of urea groups is 1. The summed E-state index contributed by atoms with van der Waals surface area (Å²) in [7, 11) is 0. The van der Waals surface area contributed by atoms with E-state index in [2.05, 4.69) is 18.3 Å². The van der Waals surface area contributed by atoms with Gasteiger partial charge >= 0.3 is 6.03 Å². The van der Waals surface area contributed by atoms with Crippen LogP contribution in [0.25, 0.3) is 0 Å². The number of hydrogen-bond donors (Lipinski definition) is 1. The van der Waals surface area contributed by atoms with E-state index in [0.717, 1.165) is 6.42 Å². The fourth-order valence-electron chi connectivity index (χ4n) is 2.58. The number of amides is 2. The van der Waals surface area contributed by atoms with E-state index in [-0.39, 0.29) is 18.5 Å². The topological polar surface area (TPSA) is 35.6 Å². The van der Waals surface area contributed by atoms with Crippen LogP contribution in [0.1, 0.15) is 24.1 Å². The van der Waals surface area contributed by atoms with Crippen molar-refractivity contribution in [1.82, 2.24) is 15.1 Å². The molecule has 0 saturated carbocycles. The molecule has 1 aliphatic heterocycles. The van der Waals surface area contributed by atoms with Crippen molar-refractivity contribution >= 4 is 17.4 Å². The van der Waals surface area contributed by atoms with Crippen LogP contribution < -0.4 is 5.32 Å². The van der Waals surface area contributed by atoms with Crippen LogP contribution in [0.5, 0.6) is 0 Å². The maximum absolute atomic E-state index is 12.4. The minimum atomic E-state index is -2.31. The van der Waals surface area contributed by atoms with Gasteiger partial charge in [-0.2, -0.15) is 0 Å². The van der Waals surface area contributed by atoms with Crippen molar-refractivity contribution < 1.29 is 13.6 Å². The van der Waals surface area contributed by atoms with E-state index >= 15 is 0 Å². The average Bonchev–Trinajstić information content (AvgIpc) is 2.92. The number of carbonyl (C=O) groups is 1. The van der Waals surface area contributed by atoms with Crippen LogP contribution in [0.2, 0.25) is 0 Å². The van der Waals surface area contributed by atoms with Crippen LogP contribution in [-0.2, 0) is 0 Å². The van der Waals surface area contributed by atoms with Gasteiger partial charge in [-0.3, -0.25) is 4.90 Å². The van der Waals surface area contributed by atoms with Crippen molar-refractivity contribution in [2.24, 2.45) is 0 Å². The minimum absolute atomic E-state index is 0.0951. The molecule has 1 aliphatic rings. The van der Waals surface area contributed by atoms with Crippen LogP contribution in [0.15, 0.2) is 17.5 Å². The Balaban J connectivity index is 1.75. The van der Waals surface area contributed by atoms with Gasteiger partial charge in [0.1, 0.15) is 0 Å². The monoisotopic (exact) mass is 331 g/mol. The molecule has 1 aromatic rings. The van der Waals surface area contributed by atoms with Crippen LogP contribution in [-0.4, -0.2) is 61.5 Å². The van der Waals surface area contributed by atoms with Crippen molar-refractivity contribution in [3.63, 3.8) is 0 Å². The second-order valence-electron chi connectivity index (χ2n) is 5.63. The Hall–Kier alpha value is -1.21. The van der Waals surface area contributed by atoms with Crippen LogP contribution >= 0.6 is 11.3 Å². The molecule has 2 rings (SSSR count). The fraction of sp³-hybridized carbons (Fsp3) is 0.667. The van der Waals surface area contributed by atoms with Gasteiger partial charge < -0.3 is 10.2 Å². The normalized spacial score (nSPS) is 18.3. The third-order valence-corrected chi connectivity index (χ3v) is 4.96. The van der Waals surface area contributed by atoms with E-state index in [0.29, 0.717) is 32.7 Å². The summed E-state index contributed by atoms with van der Waals surface area (Å²) in [4.78, 5) is 16.9. The number of alkyl halides is 2. The number of halogens is 2. The standard InChI is InChI=1S/C15H23F2N3OS/c1-12(13-4-2-9-22-13)10-18-15(21)20-6-3-5-19(7-8-20)11-14(16)17/h2,4,9,12,14H,3,5-8,10-11H2,1H3,(H,18,21)/t12-/m1/s1. The summed E-state index contributed by atoms with van der Waals surface area (Å²) in [5.41, 5.74) is 0. The van der Waals surface area contributed by atoms with Gasteiger partial charge in [-0.15, -0.1) is 11.3 Å². The molecular formula is C15H23F2N3OS. The predicted octanol–water partition coefficient (Wildman–Crippen LogP) is 2.83. The summed E-state index contributed by atoms with van der Waals surface area (Å²) in [5, 5.41) is 4.98. The molecule has 4 nitrogen and oxygen atoms in total. The van der Waals surface area contributed by atoms with Gasteiger partial charge in [-0.25, -0.2) is 13.6 Å². The Morgan fingerprint density at radius 3 is 2.86 bits per heavy atom. The Labute approximate surface area is 134 Å². The van der Waals surface area contributed by atoms with Crippen LogP contribution in [0, 0.1) is 0 Å². The lowest BCUT2D eigenvalue weighted by molar-refractivity contribution is 0.0904. The highest BCUT2D eigenvalue weighted by Gasteiger charge is 2.21. The molecule has 2 amide bonds.